The lowest BCUT2D eigenvalue weighted by Gasteiger charge is -2.07. The molecule has 4 heteroatoms. The molecule has 1 aliphatic rings. The van der Waals surface area contributed by atoms with E-state index in [0.29, 0.717) is 23.2 Å². The molecule has 3 nitrogen and oxygen atoms in total. The van der Waals surface area contributed by atoms with Crippen LogP contribution in [-0.4, -0.2) is 18.0 Å². The van der Waals surface area contributed by atoms with Gasteiger partial charge in [0.1, 0.15) is 6.61 Å². The average Bonchev–Trinajstić information content (AvgIpc) is 2.50. The van der Waals surface area contributed by atoms with Crippen molar-refractivity contribution in [2.75, 3.05) is 12.3 Å². The van der Waals surface area contributed by atoms with Crippen LogP contribution in [0.3, 0.4) is 0 Å². The summed E-state index contributed by atoms with van der Waals surface area (Å²) < 4.78 is 5.50. The minimum atomic E-state index is -0.176. The Morgan fingerprint density at radius 3 is 2.80 bits per heavy atom. The summed E-state index contributed by atoms with van der Waals surface area (Å²) in [6, 6.07) is 5.28. The van der Waals surface area contributed by atoms with Crippen molar-refractivity contribution in [3.05, 3.63) is 28.8 Å². The Bertz CT molecular complexity index is 427. The van der Waals surface area contributed by atoms with E-state index in [9.17, 15) is 0 Å². The van der Waals surface area contributed by atoms with Crippen LogP contribution in [0.25, 0.3) is 0 Å². The van der Waals surface area contributed by atoms with Crippen LogP contribution in [0.15, 0.2) is 23.2 Å². The smallest absolute Gasteiger partial charge is 0.218 e. The zero-order valence-electron chi connectivity index (χ0n) is 8.75. The maximum atomic E-state index is 5.90. The molecule has 2 rings (SSSR count). The third-order valence-corrected chi connectivity index (χ3v) is 2.45. The molecule has 1 heterocycles. The lowest BCUT2D eigenvalue weighted by Crippen LogP contribution is -2.17. The largest absolute Gasteiger partial charge is 0.475 e. The molecule has 1 aliphatic heterocycles. The Labute approximate surface area is 93.9 Å². The Morgan fingerprint density at radius 1 is 1.47 bits per heavy atom. The molecule has 0 spiro atoms. The van der Waals surface area contributed by atoms with Crippen molar-refractivity contribution in [2.24, 2.45) is 4.99 Å². The molecule has 0 aliphatic carbocycles. The second-order valence-electron chi connectivity index (χ2n) is 4.25. The SMILES string of the molecule is CC1(C)COC(c2cc(Cl)ccc2N)=N1. The summed E-state index contributed by atoms with van der Waals surface area (Å²) >= 11 is 5.90. The molecule has 80 valence electrons. The van der Waals surface area contributed by atoms with E-state index >= 15 is 0 Å². The quantitative estimate of drug-likeness (QED) is 0.745. The number of aliphatic imine (C=N–C) groups is 1. The second-order valence-corrected chi connectivity index (χ2v) is 4.69. The van der Waals surface area contributed by atoms with Crippen LogP contribution in [0.5, 0.6) is 0 Å². The van der Waals surface area contributed by atoms with Gasteiger partial charge in [-0.05, 0) is 32.0 Å². The number of nitrogen functional groups attached to an aromatic ring is 1. The fraction of sp³-hybridized carbons (Fsp3) is 0.364. The zero-order valence-corrected chi connectivity index (χ0v) is 9.51. The van der Waals surface area contributed by atoms with E-state index in [1.807, 2.05) is 13.8 Å². The number of hydrogen-bond donors (Lipinski definition) is 1. The van der Waals surface area contributed by atoms with Crippen molar-refractivity contribution in [3.8, 4) is 0 Å². The monoisotopic (exact) mass is 224 g/mol. The number of nitrogens with two attached hydrogens (primary N) is 1. The van der Waals surface area contributed by atoms with Gasteiger partial charge in [-0.2, -0.15) is 0 Å². The zero-order chi connectivity index (χ0) is 11.1. The molecule has 1 aromatic rings. The number of nitrogens with zero attached hydrogens (tertiary/aromatic N) is 1. The Balaban J connectivity index is 2.43. The molecular formula is C11H13ClN2O. The molecule has 0 amide bonds. The van der Waals surface area contributed by atoms with Gasteiger partial charge in [0.25, 0.3) is 0 Å². The first-order valence-electron chi connectivity index (χ1n) is 4.76. The van der Waals surface area contributed by atoms with Gasteiger partial charge in [0.05, 0.1) is 11.1 Å². The van der Waals surface area contributed by atoms with Gasteiger partial charge in [0.2, 0.25) is 5.90 Å². The summed E-state index contributed by atoms with van der Waals surface area (Å²) in [7, 11) is 0. The standard InChI is InChI=1S/C11H13ClN2O/c1-11(2)6-15-10(14-11)8-5-7(12)3-4-9(8)13/h3-5H,6,13H2,1-2H3. The van der Waals surface area contributed by atoms with Gasteiger partial charge in [-0.25, -0.2) is 4.99 Å². The lowest BCUT2D eigenvalue weighted by molar-refractivity contribution is 0.279. The van der Waals surface area contributed by atoms with Gasteiger partial charge in [-0.15, -0.1) is 0 Å². The van der Waals surface area contributed by atoms with Crippen LogP contribution in [-0.2, 0) is 4.74 Å². The Hall–Kier alpha value is -1.22. The van der Waals surface area contributed by atoms with Crippen molar-refractivity contribution < 1.29 is 4.74 Å². The molecule has 0 aromatic heterocycles. The first-order chi connectivity index (χ1) is 6.98. The van der Waals surface area contributed by atoms with Gasteiger partial charge in [0, 0.05) is 10.7 Å². The number of hydrogen-bond acceptors (Lipinski definition) is 3. The predicted molar refractivity (Wildman–Crippen MR) is 62.4 cm³/mol. The highest BCUT2D eigenvalue weighted by Gasteiger charge is 2.27. The summed E-state index contributed by atoms with van der Waals surface area (Å²) in [6.07, 6.45) is 0. The number of benzene rings is 1. The summed E-state index contributed by atoms with van der Waals surface area (Å²) in [4.78, 5) is 4.45. The fourth-order valence-corrected chi connectivity index (χ4v) is 1.61. The molecule has 0 unspecified atom stereocenters. The third-order valence-electron chi connectivity index (χ3n) is 2.21. The van der Waals surface area contributed by atoms with Crippen LogP contribution in [0.1, 0.15) is 19.4 Å². The van der Waals surface area contributed by atoms with Gasteiger partial charge in [0.15, 0.2) is 0 Å². The van der Waals surface area contributed by atoms with Gasteiger partial charge >= 0.3 is 0 Å². The van der Waals surface area contributed by atoms with E-state index in [0.717, 1.165) is 5.56 Å². The second kappa shape index (κ2) is 3.42. The molecule has 15 heavy (non-hydrogen) atoms. The van der Waals surface area contributed by atoms with Gasteiger partial charge in [-0.1, -0.05) is 11.6 Å². The maximum Gasteiger partial charge on any atom is 0.218 e. The minimum absolute atomic E-state index is 0.176. The van der Waals surface area contributed by atoms with Gasteiger partial charge < -0.3 is 10.5 Å². The lowest BCUT2D eigenvalue weighted by atomic mass is 10.1. The van der Waals surface area contributed by atoms with Crippen molar-refractivity contribution >= 4 is 23.2 Å². The number of anilines is 1. The topological polar surface area (TPSA) is 47.6 Å². The van der Waals surface area contributed by atoms with E-state index in [-0.39, 0.29) is 5.54 Å². The predicted octanol–water partition coefficient (Wildman–Crippen LogP) is 2.48. The highest BCUT2D eigenvalue weighted by Crippen LogP contribution is 2.25. The van der Waals surface area contributed by atoms with E-state index in [4.69, 9.17) is 22.1 Å². The first kappa shape index (κ1) is 10.3. The Kier molecular flexibility index (Phi) is 2.35. The van der Waals surface area contributed by atoms with Crippen molar-refractivity contribution in [1.82, 2.24) is 0 Å². The van der Waals surface area contributed by atoms with Crippen LogP contribution < -0.4 is 5.73 Å². The van der Waals surface area contributed by atoms with E-state index in [2.05, 4.69) is 4.99 Å². The highest BCUT2D eigenvalue weighted by molar-refractivity contribution is 6.31. The molecular weight excluding hydrogens is 212 g/mol. The van der Waals surface area contributed by atoms with Gasteiger partial charge in [-0.3, -0.25) is 0 Å². The minimum Gasteiger partial charge on any atom is -0.475 e. The number of rotatable bonds is 1. The normalized spacial score (nSPS) is 18.5. The molecule has 0 fully saturated rings. The molecule has 0 saturated carbocycles. The molecule has 0 bridgehead atoms. The van der Waals surface area contributed by atoms with Crippen LogP contribution in [0.2, 0.25) is 5.02 Å². The molecule has 2 N–H and O–H groups in total. The summed E-state index contributed by atoms with van der Waals surface area (Å²) in [5.74, 6) is 0.583. The molecule has 1 aromatic carbocycles. The number of halogens is 1. The van der Waals surface area contributed by atoms with E-state index in [1.54, 1.807) is 18.2 Å². The Morgan fingerprint density at radius 2 is 2.20 bits per heavy atom. The van der Waals surface area contributed by atoms with Crippen LogP contribution in [0.4, 0.5) is 5.69 Å². The molecule has 0 atom stereocenters. The average molecular weight is 225 g/mol. The van der Waals surface area contributed by atoms with Crippen molar-refractivity contribution in [3.63, 3.8) is 0 Å². The summed E-state index contributed by atoms with van der Waals surface area (Å²) in [5, 5.41) is 0.634. The van der Waals surface area contributed by atoms with Crippen LogP contribution >= 0.6 is 11.6 Å². The molecule has 0 saturated heterocycles. The van der Waals surface area contributed by atoms with E-state index < -0.39 is 0 Å². The van der Waals surface area contributed by atoms with Crippen molar-refractivity contribution in [1.29, 1.82) is 0 Å². The first-order valence-corrected chi connectivity index (χ1v) is 5.14. The maximum absolute atomic E-state index is 5.90. The fourth-order valence-electron chi connectivity index (χ4n) is 1.44. The van der Waals surface area contributed by atoms with Crippen LogP contribution in [0, 0.1) is 0 Å². The third kappa shape index (κ3) is 2.07. The summed E-state index contributed by atoms with van der Waals surface area (Å²) in [5.41, 5.74) is 7.07. The number of ether oxygens (including phenoxy) is 1. The van der Waals surface area contributed by atoms with E-state index in [1.165, 1.54) is 0 Å². The highest BCUT2D eigenvalue weighted by atomic mass is 35.5. The molecule has 0 radical (unpaired) electrons. The van der Waals surface area contributed by atoms with Crippen molar-refractivity contribution in [2.45, 2.75) is 19.4 Å². The summed E-state index contributed by atoms with van der Waals surface area (Å²) in [6.45, 7) is 4.61.